The van der Waals surface area contributed by atoms with Crippen LogP contribution in [0.2, 0.25) is 0 Å². The molecular formula is C24H27N3O5. The van der Waals surface area contributed by atoms with E-state index in [-0.39, 0.29) is 25.3 Å². The minimum Gasteiger partial charge on any atom is -0.494 e. The molecule has 32 heavy (non-hydrogen) atoms. The van der Waals surface area contributed by atoms with Crippen molar-refractivity contribution in [3.63, 3.8) is 0 Å². The van der Waals surface area contributed by atoms with Crippen molar-refractivity contribution in [3.8, 4) is 17.0 Å². The average Bonchev–Trinajstić information content (AvgIpc) is 2.79. The number of amides is 1. The van der Waals surface area contributed by atoms with Gasteiger partial charge in [0.15, 0.2) is 0 Å². The number of anilines is 1. The van der Waals surface area contributed by atoms with Crippen molar-refractivity contribution >= 4 is 11.8 Å². The minimum atomic E-state index is -0.525. The minimum absolute atomic E-state index is 0.163. The third-order valence-electron chi connectivity index (χ3n) is 4.62. The first kappa shape index (κ1) is 23.0. The number of carbonyl (C=O) groups is 1. The predicted octanol–water partition coefficient (Wildman–Crippen LogP) is 3.68. The van der Waals surface area contributed by atoms with E-state index < -0.39 is 6.09 Å². The van der Waals surface area contributed by atoms with E-state index >= 15 is 0 Å². The van der Waals surface area contributed by atoms with Gasteiger partial charge in [-0.05, 0) is 67.8 Å². The van der Waals surface area contributed by atoms with Gasteiger partial charge in [-0.2, -0.15) is 5.10 Å². The molecule has 8 nitrogen and oxygen atoms in total. The van der Waals surface area contributed by atoms with Gasteiger partial charge in [0, 0.05) is 23.9 Å². The summed E-state index contributed by atoms with van der Waals surface area (Å²) >= 11 is 0. The van der Waals surface area contributed by atoms with Gasteiger partial charge in [0.1, 0.15) is 5.75 Å². The average molecular weight is 437 g/mol. The number of rotatable bonds is 10. The molecule has 168 valence electrons. The van der Waals surface area contributed by atoms with Gasteiger partial charge in [-0.3, -0.25) is 10.1 Å². The molecule has 8 heteroatoms. The highest BCUT2D eigenvalue weighted by Crippen LogP contribution is 2.20. The lowest BCUT2D eigenvalue weighted by Crippen LogP contribution is -2.23. The molecule has 1 amide bonds. The summed E-state index contributed by atoms with van der Waals surface area (Å²) in [5.41, 5.74) is 2.70. The Balaban J connectivity index is 1.71. The molecule has 3 rings (SSSR count). The van der Waals surface area contributed by atoms with Gasteiger partial charge in [-0.25, -0.2) is 9.48 Å². The van der Waals surface area contributed by atoms with Gasteiger partial charge >= 0.3 is 6.09 Å². The summed E-state index contributed by atoms with van der Waals surface area (Å²) in [6, 6.07) is 17.9. The third kappa shape index (κ3) is 6.68. The van der Waals surface area contributed by atoms with Gasteiger partial charge in [-0.1, -0.05) is 12.1 Å². The van der Waals surface area contributed by atoms with Crippen LogP contribution in [0.15, 0.2) is 65.5 Å². The summed E-state index contributed by atoms with van der Waals surface area (Å²) in [5.74, 6) is 0.742. The van der Waals surface area contributed by atoms with Gasteiger partial charge in [0.25, 0.3) is 5.56 Å². The second-order valence-corrected chi connectivity index (χ2v) is 7.06. The Labute approximate surface area is 186 Å². The Bertz CT molecular complexity index is 1080. The summed E-state index contributed by atoms with van der Waals surface area (Å²) in [5, 5.41) is 16.0. The Morgan fingerprint density at radius 2 is 1.91 bits per heavy atom. The number of nitrogens with zero attached hydrogens (tertiary/aromatic N) is 2. The third-order valence-corrected chi connectivity index (χ3v) is 4.62. The molecule has 0 saturated carbocycles. The number of aliphatic hydroxyl groups excluding tert-OH is 1. The number of hydrogen-bond acceptors (Lipinski definition) is 6. The standard InChI is InChI=1S/C24H27N3O5/c1-2-31-24(30)25-20-7-5-6-18(16-20)17-27-23(29)13-12-22(26-27)19-8-10-21(11-9-19)32-15-4-3-14-28/h5-13,16,28H,2-4,14-15,17H2,1H3,(H,25,30). The van der Waals surface area contributed by atoms with Crippen LogP contribution in [-0.4, -0.2) is 40.8 Å². The molecule has 0 saturated heterocycles. The monoisotopic (exact) mass is 437 g/mol. The Morgan fingerprint density at radius 3 is 2.66 bits per heavy atom. The molecule has 0 unspecified atom stereocenters. The fraction of sp³-hybridized carbons (Fsp3) is 0.292. The molecule has 3 aromatic rings. The molecule has 0 aliphatic heterocycles. The number of carbonyl (C=O) groups excluding carboxylic acids is 1. The highest BCUT2D eigenvalue weighted by molar-refractivity contribution is 5.84. The maximum Gasteiger partial charge on any atom is 0.411 e. The van der Waals surface area contributed by atoms with Crippen molar-refractivity contribution in [2.24, 2.45) is 0 Å². The van der Waals surface area contributed by atoms with E-state index in [9.17, 15) is 9.59 Å². The lowest BCUT2D eigenvalue weighted by Gasteiger charge is -2.10. The van der Waals surface area contributed by atoms with E-state index in [0.717, 1.165) is 23.3 Å². The number of nitrogens with one attached hydrogen (secondary N) is 1. The van der Waals surface area contributed by atoms with Crippen LogP contribution in [0.5, 0.6) is 5.75 Å². The largest absolute Gasteiger partial charge is 0.494 e. The first-order valence-electron chi connectivity index (χ1n) is 10.5. The van der Waals surface area contributed by atoms with Crippen molar-refractivity contribution in [2.75, 3.05) is 25.1 Å². The summed E-state index contributed by atoms with van der Waals surface area (Å²) in [7, 11) is 0. The number of aliphatic hydroxyl groups is 1. The number of aromatic nitrogens is 2. The molecule has 0 aliphatic rings. The van der Waals surface area contributed by atoms with E-state index in [2.05, 4.69) is 10.4 Å². The zero-order valence-electron chi connectivity index (χ0n) is 18.0. The van der Waals surface area contributed by atoms with Gasteiger partial charge < -0.3 is 14.6 Å². The van der Waals surface area contributed by atoms with Crippen LogP contribution in [0.1, 0.15) is 25.3 Å². The van der Waals surface area contributed by atoms with Crippen molar-refractivity contribution in [1.29, 1.82) is 0 Å². The van der Waals surface area contributed by atoms with E-state index in [4.69, 9.17) is 14.6 Å². The molecule has 2 aromatic carbocycles. The molecule has 0 spiro atoms. The van der Waals surface area contributed by atoms with Gasteiger partial charge in [-0.15, -0.1) is 0 Å². The van der Waals surface area contributed by atoms with E-state index in [1.54, 1.807) is 31.2 Å². The van der Waals surface area contributed by atoms with Gasteiger partial charge in [0.2, 0.25) is 0 Å². The lowest BCUT2D eigenvalue weighted by molar-refractivity contribution is 0.168. The zero-order valence-corrected chi connectivity index (χ0v) is 18.0. The molecule has 1 heterocycles. The molecule has 0 atom stereocenters. The van der Waals surface area contributed by atoms with Gasteiger partial charge in [0.05, 0.1) is 25.5 Å². The van der Waals surface area contributed by atoms with Crippen LogP contribution in [-0.2, 0) is 11.3 Å². The molecule has 1 aromatic heterocycles. The highest BCUT2D eigenvalue weighted by atomic mass is 16.5. The Hall–Kier alpha value is -3.65. The van der Waals surface area contributed by atoms with E-state index in [1.807, 2.05) is 30.3 Å². The topological polar surface area (TPSA) is 103 Å². The SMILES string of the molecule is CCOC(=O)Nc1cccc(Cn2nc(-c3ccc(OCCCCO)cc3)ccc2=O)c1. The van der Waals surface area contributed by atoms with Crippen LogP contribution in [0.3, 0.4) is 0 Å². The molecule has 0 aliphatic carbocycles. The lowest BCUT2D eigenvalue weighted by atomic mass is 10.1. The van der Waals surface area contributed by atoms with Crippen molar-refractivity contribution in [1.82, 2.24) is 9.78 Å². The van der Waals surface area contributed by atoms with Crippen LogP contribution < -0.4 is 15.6 Å². The number of benzene rings is 2. The van der Waals surface area contributed by atoms with Crippen molar-refractivity contribution < 1.29 is 19.4 Å². The van der Waals surface area contributed by atoms with Crippen LogP contribution in [0, 0.1) is 0 Å². The highest BCUT2D eigenvalue weighted by Gasteiger charge is 2.07. The zero-order chi connectivity index (χ0) is 22.8. The predicted molar refractivity (Wildman–Crippen MR) is 122 cm³/mol. The summed E-state index contributed by atoms with van der Waals surface area (Å²) in [6.07, 6.45) is 0.981. The van der Waals surface area contributed by atoms with Crippen molar-refractivity contribution in [3.05, 3.63) is 76.6 Å². The summed E-state index contributed by atoms with van der Waals surface area (Å²) in [6.45, 7) is 3.00. The first-order chi connectivity index (χ1) is 15.6. The second-order valence-electron chi connectivity index (χ2n) is 7.06. The van der Waals surface area contributed by atoms with Crippen LogP contribution in [0.25, 0.3) is 11.3 Å². The maximum atomic E-state index is 12.4. The molecule has 2 N–H and O–H groups in total. The second kappa shape index (κ2) is 11.7. The van der Waals surface area contributed by atoms with E-state index in [0.29, 0.717) is 24.4 Å². The number of ether oxygens (including phenoxy) is 2. The Kier molecular flexibility index (Phi) is 8.39. The molecule has 0 radical (unpaired) electrons. The number of hydrogen-bond donors (Lipinski definition) is 2. The normalized spacial score (nSPS) is 10.6. The smallest absolute Gasteiger partial charge is 0.411 e. The summed E-state index contributed by atoms with van der Waals surface area (Å²) < 4.78 is 11.9. The summed E-state index contributed by atoms with van der Waals surface area (Å²) in [4.78, 5) is 24.0. The van der Waals surface area contributed by atoms with Crippen LogP contribution in [0.4, 0.5) is 10.5 Å². The van der Waals surface area contributed by atoms with E-state index in [1.165, 1.54) is 10.7 Å². The molecule has 0 bridgehead atoms. The number of unbranched alkanes of at least 4 members (excludes halogenated alkanes) is 1. The fourth-order valence-corrected chi connectivity index (χ4v) is 3.05. The fourth-order valence-electron chi connectivity index (χ4n) is 3.05. The molecule has 0 fully saturated rings. The quantitative estimate of drug-likeness (QED) is 0.469. The molecular weight excluding hydrogens is 410 g/mol. The Morgan fingerprint density at radius 1 is 1.09 bits per heavy atom. The maximum absolute atomic E-state index is 12.4. The van der Waals surface area contributed by atoms with Crippen LogP contribution >= 0.6 is 0 Å². The first-order valence-corrected chi connectivity index (χ1v) is 10.5. The van der Waals surface area contributed by atoms with Crippen molar-refractivity contribution in [2.45, 2.75) is 26.3 Å².